The van der Waals surface area contributed by atoms with Crippen LogP contribution in [0.1, 0.15) is 25.5 Å². The Kier molecular flexibility index (Phi) is 5.15. The lowest BCUT2D eigenvalue weighted by Gasteiger charge is -2.11. The van der Waals surface area contributed by atoms with E-state index in [9.17, 15) is 5.11 Å². The summed E-state index contributed by atoms with van der Waals surface area (Å²) >= 11 is 1.83. The van der Waals surface area contributed by atoms with Gasteiger partial charge in [-0.3, -0.25) is 0 Å². The quantitative estimate of drug-likeness (QED) is 0.755. The molecule has 1 aromatic carbocycles. The molecule has 0 aromatic heterocycles. The Labute approximate surface area is 96.1 Å². The average molecular weight is 225 g/mol. The SMILES string of the molecule is CNCC(O)c1ccc(SC(C)C)cc1. The molecule has 0 aliphatic heterocycles. The molecule has 15 heavy (non-hydrogen) atoms. The van der Waals surface area contributed by atoms with Gasteiger partial charge in [0, 0.05) is 16.7 Å². The van der Waals surface area contributed by atoms with Crippen LogP contribution in [-0.2, 0) is 0 Å². The molecule has 2 N–H and O–H groups in total. The van der Waals surface area contributed by atoms with Crippen molar-refractivity contribution < 1.29 is 5.11 Å². The molecule has 1 unspecified atom stereocenters. The molecule has 1 aromatic rings. The van der Waals surface area contributed by atoms with Crippen molar-refractivity contribution in [3.05, 3.63) is 29.8 Å². The van der Waals surface area contributed by atoms with Gasteiger partial charge in [-0.15, -0.1) is 11.8 Å². The summed E-state index contributed by atoms with van der Waals surface area (Å²) in [4.78, 5) is 1.26. The van der Waals surface area contributed by atoms with Crippen molar-refractivity contribution in [3.63, 3.8) is 0 Å². The lowest BCUT2D eigenvalue weighted by Crippen LogP contribution is -2.16. The van der Waals surface area contributed by atoms with Gasteiger partial charge in [0.05, 0.1) is 6.10 Å². The van der Waals surface area contributed by atoms with Crippen molar-refractivity contribution in [1.29, 1.82) is 0 Å². The van der Waals surface area contributed by atoms with Crippen LogP contribution in [0.2, 0.25) is 0 Å². The largest absolute Gasteiger partial charge is 0.387 e. The Morgan fingerprint density at radius 1 is 1.27 bits per heavy atom. The van der Waals surface area contributed by atoms with Crippen LogP contribution in [0.4, 0.5) is 0 Å². The third kappa shape index (κ3) is 4.24. The van der Waals surface area contributed by atoms with Crippen LogP contribution in [0.5, 0.6) is 0 Å². The first-order chi connectivity index (χ1) is 7.13. The van der Waals surface area contributed by atoms with Crippen LogP contribution in [0.25, 0.3) is 0 Å². The van der Waals surface area contributed by atoms with Gasteiger partial charge in [0.15, 0.2) is 0 Å². The zero-order chi connectivity index (χ0) is 11.3. The summed E-state index contributed by atoms with van der Waals surface area (Å²) in [6, 6.07) is 8.12. The predicted octanol–water partition coefficient (Wildman–Crippen LogP) is 2.44. The van der Waals surface area contributed by atoms with Gasteiger partial charge in [-0.1, -0.05) is 26.0 Å². The molecule has 2 nitrogen and oxygen atoms in total. The lowest BCUT2D eigenvalue weighted by molar-refractivity contribution is 0.177. The van der Waals surface area contributed by atoms with Crippen LogP contribution in [-0.4, -0.2) is 23.9 Å². The fourth-order valence-corrected chi connectivity index (χ4v) is 2.19. The monoisotopic (exact) mass is 225 g/mol. The van der Waals surface area contributed by atoms with Crippen molar-refractivity contribution in [2.75, 3.05) is 13.6 Å². The van der Waals surface area contributed by atoms with Crippen LogP contribution in [0.15, 0.2) is 29.2 Å². The second-order valence-corrected chi connectivity index (χ2v) is 5.46. The van der Waals surface area contributed by atoms with Crippen LogP contribution < -0.4 is 5.32 Å². The molecule has 1 rings (SSSR count). The highest BCUT2D eigenvalue weighted by atomic mass is 32.2. The maximum absolute atomic E-state index is 9.72. The number of aliphatic hydroxyl groups is 1. The van der Waals surface area contributed by atoms with E-state index < -0.39 is 6.10 Å². The minimum absolute atomic E-state index is 0.409. The standard InChI is InChI=1S/C12H19NOS/c1-9(2)15-11-6-4-10(5-7-11)12(14)8-13-3/h4-7,9,12-14H,8H2,1-3H3. The molecule has 0 spiro atoms. The highest BCUT2D eigenvalue weighted by Crippen LogP contribution is 2.24. The highest BCUT2D eigenvalue weighted by molar-refractivity contribution is 7.99. The van der Waals surface area contributed by atoms with Gasteiger partial charge in [-0.2, -0.15) is 0 Å². The van der Waals surface area contributed by atoms with Crippen LogP contribution in [0.3, 0.4) is 0 Å². The molecule has 0 aliphatic carbocycles. The molecule has 1 atom stereocenters. The number of hydrogen-bond donors (Lipinski definition) is 2. The number of benzene rings is 1. The molecule has 0 heterocycles. The third-order valence-corrected chi connectivity index (χ3v) is 3.05. The molecular formula is C12H19NOS. The van der Waals surface area contributed by atoms with E-state index in [-0.39, 0.29) is 0 Å². The summed E-state index contributed by atoms with van der Waals surface area (Å²) < 4.78 is 0. The highest BCUT2D eigenvalue weighted by Gasteiger charge is 2.06. The fourth-order valence-electron chi connectivity index (χ4n) is 1.35. The number of thioether (sulfide) groups is 1. The molecule has 0 aliphatic rings. The maximum atomic E-state index is 9.72. The number of rotatable bonds is 5. The molecule has 0 fully saturated rings. The first kappa shape index (κ1) is 12.6. The summed E-state index contributed by atoms with van der Waals surface area (Å²) in [5.74, 6) is 0. The topological polar surface area (TPSA) is 32.3 Å². The van der Waals surface area contributed by atoms with E-state index in [0.717, 1.165) is 5.56 Å². The van der Waals surface area contributed by atoms with Gasteiger partial charge >= 0.3 is 0 Å². The smallest absolute Gasteiger partial charge is 0.0914 e. The Morgan fingerprint density at radius 2 is 1.87 bits per heavy atom. The van der Waals surface area contributed by atoms with E-state index in [4.69, 9.17) is 0 Å². The second-order valence-electron chi connectivity index (χ2n) is 3.81. The van der Waals surface area contributed by atoms with Gasteiger partial charge in [-0.05, 0) is 24.7 Å². The van der Waals surface area contributed by atoms with Gasteiger partial charge < -0.3 is 10.4 Å². The van der Waals surface area contributed by atoms with Gasteiger partial charge in [0.2, 0.25) is 0 Å². The third-order valence-electron chi connectivity index (χ3n) is 2.03. The summed E-state index contributed by atoms with van der Waals surface area (Å²) in [6.07, 6.45) is -0.409. The number of hydrogen-bond acceptors (Lipinski definition) is 3. The molecule has 0 bridgehead atoms. The Morgan fingerprint density at radius 3 is 2.33 bits per heavy atom. The summed E-state index contributed by atoms with van der Waals surface area (Å²) in [5, 5.41) is 13.3. The van der Waals surface area contributed by atoms with Gasteiger partial charge in [0.1, 0.15) is 0 Å². The van der Waals surface area contributed by atoms with E-state index >= 15 is 0 Å². The molecule has 0 saturated carbocycles. The summed E-state index contributed by atoms with van der Waals surface area (Å²) in [6.45, 7) is 4.94. The molecular weight excluding hydrogens is 206 g/mol. The van der Waals surface area contributed by atoms with Crippen molar-refractivity contribution in [2.45, 2.75) is 30.1 Å². The van der Waals surface area contributed by atoms with Crippen molar-refractivity contribution in [1.82, 2.24) is 5.32 Å². The average Bonchev–Trinajstić information content (AvgIpc) is 2.18. The van der Waals surface area contributed by atoms with Gasteiger partial charge in [-0.25, -0.2) is 0 Å². The van der Waals surface area contributed by atoms with E-state index in [1.807, 2.05) is 30.9 Å². The second kappa shape index (κ2) is 6.16. The maximum Gasteiger partial charge on any atom is 0.0914 e. The number of likely N-dealkylation sites (N-methyl/N-ethyl adjacent to an activating group) is 1. The van der Waals surface area contributed by atoms with Crippen molar-refractivity contribution >= 4 is 11.8 Å². The first-order valence-corrected chi connectivity index (χ1v) is 6.10. The lowest BCUT2D eigenvalue weighted by atomic mass is 10.1. The molecule has 84 valence electrons. The predicted molar refractivity (Wildman–Crippen MR) is 66.3 cm³/mol. The van der Waals surface area contributed by atoms with E-state index in [0.29, 0.717) is 11.8 Å². The summed E-state index contributed by atoms with van der Waals surface area (Å²) in [7, 11) is 1.84. The Balaban J connectivity index is 2.63. The normalized spacial score (nSPS) is 13.1. The van der Waals surface area contributed by atoms with Crippen LogP contribution >= 0.6 is 11.8 Å². The molecule has 3 heteroatoms. The van der Waals surface area contributed by atoms with E-state index in [1.165, 1.54) is 4.90 Å². The van der Waals surface area contributed by atoms with E-state index in [2.05, 4.69) is 31.3 Å². The zero-order valence-electron chi connectivity index (χ0n) is 9.53. The molecule has 0 amide bonds. The van der Waals surface area contributed by atoms with Crippen molar-refractivity contribution in [3.8, 4) is 0 Å². The molecule has 0 saturated heterocycles. The fraction of sp³-hybridized carbons (Fsp3) is 0.500. The van der Waals surface area contributed by atoms with Crippen molar-refractivity contribution in [2.24, 2.45) is 0 Å². The number of aliphatic hydroxyl groups excluding tert-OH is 1. The minimum Gasteiger partial charge on any atom is -0.387 e. The summed E-state index contributed by atoms with van der Waals surface area (Å²) in [5.41, 5.74) is 0.970. The number of nitrogens with one attached hydrogen (secondary N) is 1. The van der Waals surface area contributed by atoms with Crippen LogP contribution in [0, 0.1) is 0 Å². The van der Waals surface area contributed by atoms with Gasteiger partial charge in [0.25, 0.3) is 0 Å². The Bertz CT molecular complexity index is 284. The zero-order valence-corrected chi connectivity index (χ0v) is 10.3. The Hall–Kier alpha value is -0.510. The molecule has 0 radical (unpaired) electrons. The first-order valence-electron chi connectivity index (χ1n) is 5.22. The van der Waals surface area contributed by atoms with E-state index in [1.54, 1.807) is 0 Å². The minimum atomic E-state index is -0.409.